The molecule has 0 aliphatic heterocycles. The van der Waals surface area contributed by atoms with Crippen LogP contribution in [0.4, 0.5) is 0 Å². The van der Waals surface area contributed by atoms with Crippen molar-refractivity contribution in [3.63, 3.8) is 0 Å². The molecule has 98 valence electrons. The van der Waals surface area contributed by atoms with Crippen LogP contribution in [0.1, 0.15) is 12.5 Å². The van der Waals surface area contributed by atoms with Gasteiger partial charge in [0.25, 0.3) is 0 Å². The molecule has 1 unspecified atom stereocenters. The van der Waals surface area contributed by atoms with E-state index in [-0.39, 0.29) is 0 Å². The third-order valence-corrected chi connectivity index (χ3v) is 2.72. The monoisotopic (exact) mass is 249 g/mol. The zero-order valence-corrected chi connectivity index (χ0v) is 10.8. The zero-order valence-electron chi connectivity index (χ0n) is 10.8. The fraction of sp³-hybridized carbons (Fsp3) is 0.357. The average Bonchev–Trinajstić information content (AvgIpc) is 2.35. The standard InChI is InChI=1S/C14H19NO3/c1-4-8-18-13-7-5-6-12(9-13)10-15(3)11(2)14(16)17/h4-7,9,11H,1,8,10H2,2-3H3,(H,16,17). The van der Waals surface area contributed by atoms with E-state index >= 15 is 0 Å². The molecule has 4 nitrogen and oxygen atoms in total. The van der Waals surface area contributed by atoms with Gasteiger partial charge in [0, 0.05) is 6.54 Å². The Morgan fingerprint density at radius 2 is 2.33 bits per heavy atom. The quantitative estimate of drug-likeness (QED) is 0.752. The maximum atomic E-state index is 10.9. The number of aliphatic carboxylic acids is 1. The van der Waals surface area contributed by atoms with Gasteiger partial charge in [-0.15, -0.1) is 0 Å². The van der Waals surface area contributed by atoms with E-state index in [4.69, 9.17) is 9.84 Å². The van der Waals surface area contributed by atoms with E-state index < -0.39 is 12.0 Å². The molecule has 0 aliphatic carbocycles. The van der Waals surface area contributed by atoms with Crippen LogP contribution in [0.2, 0.25) is 0 Å². The van der Waals surface area contributed by atoms with Crippen molar-refractivity contribution in [1.29, 1.82) is 0 Å². The van der Waals surface area contributed by atoms with Crippen LogP contribution in [0.3, 0.4) is 0 Å². The van der Waals surface area contributed by atoms with E-state index in [2.05, 4.69) is 6.58 Å². The molecule has 0 bridgehead atoms. The van der Waals surface area contributed by atoms with Gasteiger partial charge in [-0.1, -0.05) is 24.8 Å². The highest BCUT2D eigenvalue weighted by Gasteiger charge is 2.16. The summed E-state index contributed by atoms with van der Waals surface area (Å²) in [6, 6.07) is 7.11. The van der Waals surface area contributed by atoms with E-state index in [0.717, 1.165) is 11.3 Å². The molecule has 0 heterocycles. The van der Waals surface area contributed by atoms with Crippen molar-refractivity contribution >= 4 is 5.97 Å². The molecule has 0 saturated heterocycles. The minimum atomic E-state index is -0.823. The van der Waals surface area contributed by atoms with Crippen LogP contribution in [-0.4, -0.2) is 35.7 Å². The lowest BCUT2D eigenvalue weighted by Crippen LogP contribution is -2.35. The van der Waals surface area contributed by atoms with Crippen molar-refractivity contribution in [3.05, 3.63) is 42.5 Å². The molecule has 0 amide bonds. The largest absolute Gasteiger partial charge is 0.490 e. The molecule has 0 fully saturated rings. The van der Waals surface area contributed by atoms with Gasteiger partial charge in [0.15, 0.2) is 0 Å². The lowest BCUT2D eigenvalue weighted by Gasteiger charge is -2.21. The number of carboxylic acid groups (broad SMARTS) is 1. The summed E-state index contributed by atoms with van der Waals surface area (Å²) in [5, 5.41) is 8.92. The Morgan fingerprint density at radius 3 is 2.94 bits per heavy atom. The molecular weight excluding hydrogens is 230 g/mol. The molecule has 1 aromatic carbocycles. The van der Waals surface area contributed by atoms with Crippen molar-refractivity contribution in [3.8, 4) is 5.75 Å². The smallest absolute Gasteiger partial charge is 0.320 e. The number of ether oxygens (including phenoxy) is 1. The zero-order chi connectivity index (χ0) is 13.5. The van der Waals surface area contributed by atoms with Crippen LogP contribution >= 0.6 is 0 Å². The fourth-order valence-corrected chi connectivity index (χ4v) is 1.50. The van der Waals surface area contributed by atoms with E-state index in [9.17, 15) is 4.79 Å². The number of carboxylic acids is 1. The molecule has 0 saturated carbocycles. The van der Waals surface area contributed by atoms with Crippen molar-refractivity contribution < 1.29 is 14.6 Å². The Hall–Kier alpha value is -1.81. The van der Waals surface area contributed by atoms with Crippen LogP contribution < -0.4 is 4.74 Å². The van der Waals surface area contributed by atoms with Gasteiger partial charge in [-0.25, -0.2) is 0 Å². The van der Waals surface area contributed by atoms with E-state index in [1.54, 1.807) is 24.9 Å². The third-order valence-electron chi connectivity index (χ3n) is 2.72. The first-order chi connectivity index (χ1) is 8.54. The van der Waals surface area contributed by atoms with Gasteiger partial charge in [0.2, 0.25) is 0 Å². The Morgan fingerprint density at radius 1 is 1.61 bits per heavy atom. The van der Waals surface area contributed by atoms with Crippen molar-refractivity contribution in [1.82, 2.24) is 4.90 Å². The molecule has 0 radical (unpaired) electrons. The minimum Gasteiger partial charge on any atom is -0.490 e. The molecule has 1 aromatic rings. The third kappa shape index (κ3) is 4.22. The van der Waals surface area contributed by atoms with Gasteiger partial charge in [-0.05, 0) is 31.7 Å². The maximum Gasteiger partial charge on any atom is 0.320 e. The number of benzene rings is 1. The average molecular weight is 249 g/mol. The number of rotatable bonds is 7. The Kier molecular flexibility index (Phi) is 5.39. The van der Waals surface area contributed by atoms with Gasteiger partial charge in [-0.3, -0.25) is 9.69 Å². The fourth-order valence-electron chi connectivity index (χ4n) is 1.50. The summed E-state index contributed by atoms with van der Waals surface area (Å²) in [4.78, 5) is 12.6. The van der Waals surface area contributed by atoms with Gasteiger partial charge < -0.3 is 9.84 Å². The maximum absolute atomic E-state index is 10.9. The summed E-state index contributed by atoms with van der Waals surface area (Å²) in [7, 11) is 1.79. The normalized spacial score (nSPS) is 12.2. The van der Waals surface area contributed by atoms with E-state index in [1.807, 2.05) is 24.3 Å². The van der Waals surface area contributed by atoms with Crippen LogP contribution in [0.25, 0.3) is 0 Å². The summed E-state index contributed by atoms with van der Waals surface area (Å²) < 4.78 is 5.43. The topological polar surface area (TPSA) is 49.8 Å². The molecule has 0 aromatic heterocycles. The van der Waals surface area contributed by atoms with Crippen molar-refractivity contribution in [2.45, 2.75) is 19.5 Å². The molecule has 18 heavy (non-hydrogen) atoms. The highest BCUT2D eigenvalue weighted by atomic mass is 16.5. The molecule has 0 spiro atoms. The van der Waals surface area contributed by atoms with E-state index in [0.29, 0.717) is 13.2 Å². The van der Waals surface area contributed by atoms with Gasteiger partial charge in [-0.2, -0.15) is 0 Å². The predicted molar refractivity (Wildman–Crippen MR) is 70.7 cm³/mol. The predicted octanol–water partition coefficient (Wildman–Crippen LogP) is 2.16. The number of hydrogen-bond donors (Lipinski definition) is 1. The highest BCUT2D eigenvalue weighted by Crippen LogP contribution is 2.15. The van der Waals surface area contributed by atoms with Gasteiger partial charge >= 0.3 is 5.97 Å². The second kappa shape index (κ2) is 6.81. The Bertz CT molecular complexity index is 417. The molecular formula is C14H19NO3. The minimum absolute atomic E-state index is 0.463. The number of hydrogen-bond acceptors (Lipinski definition) is 3. The van der Waals surface area contributed by atoms with Crippen LogP contribution in [0.5, 0.6) is 5.75 Å². The van der Waals surface area contributed by atoms with Crippen LogP contribution in [0, 0.1) is 0 Å². The second-order valence-corrected chi connectivity index (χ2v) is 4.18. The first-order valence-corrected chi connectivity index (χ1v) is 5.80. The summed E-state index contributed by atoms with van der Waals surface area (Å²) >= 11 is 0. The van der Waals surface area contributed by atoms with Crippen molar-refractivity contribution in [2.75, 3.05) is 13.7 Å². The Balaban J connectivity index is 2.66. The van der Waals surface area contributed by atoms with E-state index in [1.165, 1.54) is 0 Å². The SMILES string of the molecule is C=CCOc1cccc(CN(C)C(C)C(=O)O)c1. The van der Waals surface area contributed by atoms with Crippen LogP contribution in [-0.2, 0) is 11.3 Å². The molecule has 1 N–H and O–H groups in total. The lowest BCUT2D eigenvalue weighted by molar-refractivity contribution is -0.142. The van der Waals surface area contributed by atoms with Crippen LogP contribution in [0.15, 0.2) is 36.9 Å². The molecule has 1 atom stereocenters. The molecule has 1 rings (SSSR count). The summed E-state index contributed by atoms with van der Waals surface area (Å²) in [5.41, 5.74) is 1.02. The van der Waals surface area contributed by atoms with Crippen molar-refractivity contribution in [2.24, 2.45) is 0 Å². The highest BCUT2D eigenvalue weighted by molar-refractivity contribution is 5.72. The Labute approximate surface area is 107 Å². The lowest BCUT2D eigenvalue weighted by atomic mass is 10.2. The molecule has 4 heteroatoms. The summed E-state index contributed by atoms with van der Waals surface area (Å²) in [6.45, 7) is 6.29. The van der Waals surface area contributed by atoms with Gasteiger partial charge in [0.1, 0.15) is 18.4 Å². The first-order valence-electron chi connectivity index (χ1n) is 5.80. The number of likely N-dealkylation sites (N-methyl/N-ethyl adjacent to an activating group) is 1. The molecule has 0 aliphatic rings. The van der Waals surface area contributed by atoms with Gasteiger partial charge in [0.05, 0.1) is 0 Å². The summed E-state index contributed by atoms with van der Waals surface area (Å²) in [6.07, 6.45) is 1.69. The number of nitrogens with zero attached hydrogens (tertiary/aromatic N) is 1. The summed E-state index contributed by atoms with van der Waals surface area (Å²) in [5.74, 6) is -0.0552. The number of carbonyl (C=O) groups is 1. The first kappa shape index (κ1) is 14.3. The second-order valence-electron chi connectivity index (χ2n) is 4.18.